The smallest absolute Gasteiger partial charge is 0.305 e. The highest BCUT2D eigenvalue weighted by molar-refractivity contribution is 9.10. The Morgan fingerprint density at radius 2 is 1.94 bits per heavy atom. The van der Waals surface area contributed by atoms with E-state index in [0.29, 0.717) is 23.8 Å². The number of anilines is 1. The van der Waals surface area contributed by atoms with E-state index in [1.807, 2.05) is 12.1 Å². The van der Waals surface area contributed by atoms with Crippen LogP contribution in [0, 0.1) is 0 Å². The molecule has 0 radical (unpaired) electrons. The number of aromatic nitrogens is 1. The minimum absolute atomic E-state index is 0.165. The first-order valence-corrected chi connectivity index (χ1v) is 11.9. The highest BCUT2D eigenvalue weighted by Gasteiger charge is 2.22. The molecule has 5 N–H and O–H groups in total. The molecule has 0 unspecified atom stereocenters. The second kappa shape index (κ2) is 11.3. The van der Waals surface area contributed by atoms with Gasteiger partial charge in [0.2, 0.25) is 5.91 Å². The summed E-state index contributed by atoms with van der Waals surface area (Å²) in [6.45, 7) is 7.25. The van der Waals surface area contributed by atoms with Crippen molar-refractivity contribution >= 4 is 45.4 Å². The number of guanidine groups is 1. The molecule has 3 rings (SSSR count). The molecule has 0 saturated heterocycles. The largest absolute Gasteiger partial charge is 0.481 e. The van der Waals surface area contributed by atoms with Crippen LogP contribution in [0.1, 0.15) is 54.7 Å². The zero-order chi connectivity index (χ0) is 25.6. The van der Waals surface area contributed by atoms with Gasteiger partial charge in [-0.2, -0.15) is 0 Å². The Hall–Kier alpha value is -3.47. The van der Waals surface area contributed by atoms with Crippen molar-refractivity contribution in [1.82, 2.24) is 20.9 Å². The lowest BCUT2D eigenvalue weighted by atomic mass is 9.85. The number of aliphatic carboxylic acids is 1. The van der Waals surface area contributed by atoms with Crippen LogP contribution in [-0.4, -0.2) is 53.5 Å². The minimum atomic E-state index is -1.05. The van der Waals surface area contributed by atoms with Gasteiger partial charge in [0.15, 0.2) is 5.96 Å². The van der Waals surface area contributed by atoms with Crippen LogP contribution in [0.3, 0.4) is 0 Å². The van der Waals surface area contributed by atoms with E-state index < -0.39 is 23.8 Å². The number of rotatable bonds is 8. The number of carbonyl (C=O) groups excluding carboxylic acids is 2. The van der Waals surface area contributed by atoms with Crippen LogP contribution in [0.5, 0.6) is 0 Å². The van der Waals surface area contributed by atoms with Crippen molar-refractivity contribution in [2.75, 3.05) is 25.0 Å². The number of aliphatic imine (C=N–C) groups is 1. The molecule has 0 bridgehead atoms. The van der Waals surface area contributed by atoms with Gasteiger partial charge in [-0.15, -0.1) is 0 Å². The SMILES string of the molecule is CC(C)(C)c1cc(Br)cc([C@H](CC(=O)O)NC(=O)CNC(=O)c2cncc(NC3=NCCN3)c2)c1. The summed E-state index contributed by atoms with van der Waals surface area (Å²) in [5, 5.41) is 20.8. The van der Waals surface area contributed by atoms with Crippen LogP contribution >= 0.6 is 15.9 Å². The van der Waals surface area contributed by atoms with Crippen molar-refractivity contribution < 1.29 is 19.5 Å². The van der Waals surface area contributed by atoms with E-state index in [9.17, 15) is 19.5 Å². The molecule has 1 aromatic heterocycles. The molecule has 1 aromatic carbocycles. The predicted octanol–water partition coefficient (Wildman–Crippen LogP) is 2.57. The van der Waals surface area contributed by atoms with Gasteiger partial charge in [0.25, 0.3) is 5.91 Å². The van der Waals surface area contributed by atoms with E-state index in [1.165, 1.54) is 6.20 Å². The number of hydrogen-bond donors (Lipinski definition) is 5. The summed E-state index contributed by atoms with van der Waals surface area (Å²) < 4.78 is 0.789. The average Bonchev–Trinajstić information content (AvgIpc) is 3.29. The predicted molar refractivity (Wildman–Crippen MR) is 136 cm³/mol. The maximum Gasteiger partial charge on any atom is 0.305 e. The lowest BCUT2D eigenvalue weighted by molar-refractivity contribution is -0.137. The lowest BCUT2D eigenvalue weighted by Crippen LogP contribution is -2.39. The summed E-state index contributed by atoms with van der Waals surface area (Å²) in [6, 6.07) is 6.49. The van der Waals surface area contributed by atoms with Crippen molar-refractivity contribution in [1.29, 1.82) is 0 Å². The molecule has 1 aliphatic heterocycles. The van der Waals surface area contributed by atoms with Gasteiger partial charge < -0.3 is 26.4 Å². The molecular weight excluding hydrogens is 516 g/mol. The maximum atomic E-state index is 12.6. The summed E-state index contributed by atoms with van der Waals surface area (Å²) in [7, 11) is 0. The molecule has 2 aromatic rings. The second-order valence-electron chi connectivity index (χ2n) is 9.17. The normalized spacial score (nSPS) is 13.9. The topological polar surface area (TPSA) is 145 Å². The van der Waals surface area contributed by atoms with E-state index in [-0.39, 0.29) is 23.9 Å². The molecule has 0 aliphatic carbocycles. The molecule has 11 heteroatoms. The van der Waals surface area contributed by atoms with Gasteiger partial charge in [-0.1, -0.05) is 42.8 Å². The Labute approximate surface area is 212 Å². The van der Waals surface area contributed by atoms with Crippen LogP contribution in [0.2, 0.25) is 0 Å². The first kappa shape index (κ1) is 26.1. The number of halogens is 1. The highest BCUT2D eigenvalue weighted by atomic mass is 79.9. The highest BCUT2D eigenvalue weighted by Crippen LogP contribution is 2.30. The number of pyridine rings is 1. The number of hydrogen-bond acceptors (Lipinski definition) is 7. The van der Waals surface area contributed by atoms with Gasteiger partial charge in [0.1, 0.15) is 0 Å². The second-order valence-corrected chi connectivity index (χ2v) is 10.1. The fourth-order valence-corrected chi connectivity index (χ4v) is 3.94. The number of benzene rings is 1. The molecule has 0 saturated carbocycles. The van der Waals surface area contributed by atoms with E-state index >= 15 is 0 Å². The molecule has 1 atom stereocenters. The molecule has 0 fully saturated rings. The summed E-state index contributed by atoms with van der Waals surface area (Å²) in [5.74, 6) is -1.43. The monoisotopic (exact) mass is 544 g/mol. The van der Waals surface area contributed by atoms with Crippen LogP contribution in [0.25, 0.3) is 0 Å². The van der Waals surface area contributed by atoms with Crippen molar-refractivity contribution in [3.8, 4) is 0 Å². The minimum Gasteiger partial charge on any atom is -0.481 e. The van der Waals surface area contributed by atoms with Crippen molar-refractivity contribution in [3.63, 3.8) is 0 Å². The summed E-state index contributed by atoms with van der Waals surface area (Å²) in [4.78, 5) is 45.0. The molecule has 10 nitrogen and oxygen atoms in total. The lowest BCUT2D eigenvalue weighted by Gasteiger charge is -2.24. The van der Waals surface area contributed by atoms with E-state index in [4.69, 9.17) is 0 Å². The number of carboxylic acid groups (broad SMARTS) is 1. The van der Waals surface area contributed by atoms with Gasteiger partial charge in [0.05, 0.1) is 43.0 Å². The van der Waals surface area contributed by atoms with Gasteiger partial charge in [-0.3, -0.25) is 24.4 Å². The molecule has 186 valence electrons. The first-order chi connectivity index (χ1) is 16.5. The van der Waals surface area contributed by atoms with Crippen LogP contribution < -0.4 is 21.3 Å². The number of carbonyl (C=O) groups is 3. The van der Waals surface area contributed by atoms with Gasteiger partial charge in [-0.05, 0) is 34.7 Å². The average molecular weight is 545 g/mol. The number of carboxylic acids is 1. The van der Waals surface area contributed by atoms with Gasteiger partial charge in [0, 0.05) is 17.2 Å². The van der Waals surface area contributed by atoms with Crippen LogP contribution in [0.15, 0.2) is 46.1 Å². The summed E-state index contributed by atoms with van der Waals surface area (Å²) >= 11 is 3.48. The Kier molecular flexibility index (Phi) is 8.44. The Morgan fingerprint density at radius 1 is 1.17 bits per heavy atom. The van der Waals surface area contributed by atoms with Crippen LogP contribution in [0.4, 0.5) is 5.69 Å². The zero-order valence-corrected chi connectivity index (χ0v) is 21.4. The third-order valence-corrected chi connectivity index (χ3v) is 5.71. The summed E-state index contributed by atoms with van der Waals surface area (Å²) in [5.41, 5.74) is 2.35. The fourth-order valence-electron chi connectivity index (χ4n) is 3.43. The third kappa shape index (κ3) is 7.78. The standard InChI is InChI=1S/C24H29BrN6O4/c1-24(2,3)16-6-14(7-17(25)9-16)19(10-21(33)34)31-20(32)13-29-22(35)15-8-18(12-26-11-15)30-23-27-4-5-28-23/h6-9,11-12,19H,4-5,10,13H2,1-3H3,(H,29,35)(H,31,32)(H,33,34)(H2,27,28,30)/t19-/m0/s1. The quantitative estimate of drug-likeness (QED) is 0.343. The maximum absolute atomic E-state index is 12.6. The number of nitrogens with zero attached hydrogens (tertiary/aromatic N) is 2. The molecular formula is C24H29BrN6O4. The van der Waals surface area contributed by atoms with Crippen molar-refractivity contribution in [2.24, 2.45) is 4.99 Å². The van der Waals surface area contributed by atoms with E-state index in [1.54, 1.807) is 18.3 Å². The van der Waals surface area contributed by atoms with E-state index in [2.05, 4.69) is 67.9 Å². The Bertz CT molecular complexity index is 1150. The van der Waals surface area contributed by atoms with Gasteiger partial charge >= 0.3 is 5.97 Å². The van der Waals surface area contributed by atoms with Crippen molar-refractivity contribution in [2.45, 2.75) is 38.6 Å². The first-order valence-electron chi connectivity index (χ1n) is 11.1. The molecule has 1 aliphatic rings. The summed E-state index contributed by atoms with van der Waals surface area (Å²) in [6.07, 6.45) is 2.66. The molecule has 2 heterocycles. The fraction of sp³-hybridized carbons (Fsp3) is 0.375. The molecule has 2 amide bonds. The molecule has 35 heavy (non-hydrogen) atoms. The Morgan fingerprint density at radius 3 is 2.60 bits per heavy atom. The Balaban J connectivity index is 1.65. The van der Waals surface area contributed by atoms with Gasteiger partial charge in [-0.25, -0.2) is 0 Å². The van der Waals surface area contributed by atoms with Crippen molar-refractivity contribution in [3.05, 3.63) is 57.8 Å². The molecule has 0 spiro atoms. The number of nitrogens with one attached hydrogen (secondary N) is 4. The third-order valence-electron chi connectivity index (χ3n) is 5.25. The van der Waals surface area contributed by atoms with Crippen LogP contribution in [-0.2, 0) is 15.0 Å². The number of amides is 2. The zero-order valence-electron chi connectivity index (χ0n) is 19.8. The van der Waals surface area contributed by atoms with E-state index in [0.717, 1.165) is 16.6 Å².